The predicted octanol–water partition coefficient (Wildman–Crippen LogP) is 5.06. The fourth-order valence-corrected chi connectivity index (χ4v) is 3.21. The Labute approximate surface area is 168 Å². The zero-order chi connectivity index (χ0) is 19.8. The first kappa shape index (κ1) is 19.7. The van der Waals surface area contributed by atoms with E-state index in [0.29, 0.717) is 17.5 Å². The van der Waals surface area contributed by atoms with E-state index in [1.165, 1.54) is 11.3 Å². The summed E-state index contributed by atoms with van der Waals surface area (Å²) in [4.78, 5) is 4.59. The van der Waals surface area contributed by atoms with Crippen LogP contribution in [0.15, 0.2) is 52.9 Å². The van der Waals surface area contributed by atoms with Gasteiger partial charge in [0.25, 0.3) is 0 Å². The van der Waals surface area contributed by atoms with Gasteiger partial charge in [-0.3, -0.25) is 5.43 Å². The number of rotatable bonds is 9. The second-order valence-corrected chi connectivity index (χ2v) is 6.72. The summed E-state index contributed by atoms with van der Waals surface area (Å²) in [7, 11) is 3.26. The van der Waals surface area contributed by atoms with E-state index < -0.39 is 0 Å². The first-order valence-electron chi connectivity index (χ1n) is 8.94. The van der Waals surface area contributed by atoms with Gasteiger partial charge in [0.05, 0.1) is 32.7 Å². The van der Waals surface area contributed by atoms with Crippen LogP contribution >= 0.6 is 11.3 Å². The summed E-state index contributed by atoms with van der Waals surface area (Å²) in [5.74, 6) is 2.27. The van der Waals surface area contributed by atoms with Crippen molar-refractivity contribution in [2.24, 2.45) is 5.10 Å². The van der Waals surface area contributed by atoms with Crippen LogP contribution < -0.4 is 19.6 Å². The number of anilines is 1. The standard InChI is InChI=1S/C21H23N3O3S/c1-4-11-27-19-8-6-5-7-15(19)13-22-24-21-23-18(14-28-21)17-10-9-16(25-2)12-20(17)26-3/h5-10,12-14H,4,11H2,1-3H3,(H,23,24)/b22-13-. The Kier molecular flexibility index (Phi) is 6.86. The van der Waals surface area contributed by atoms with Crippen molar-refractivity contribution < 1.29 is 14.2 Å². The average molecular weight is 398 g/mol. The third-order valence-electron chi connectivity index (χ3n) is 3.93. The van der Waals surface area contributed by atoms with Crippen molar-refractivity contribution in [2.75, 3.05) is 26.3 Å². The highest BCUT2D eigenvalue weighted by Crippen LogP contribution is 2.34. The molecule has 1 heterocycles. The third-order valence-corrected chi connectivity index (χ3v) is 4.68. The minimum Gasteiger partial charge on any atom is -0.497 e. The van der Waals surface area contributed by atoms with Crippen LogP contribution in [0, 0.1) is 0 Å². The van der Waals surface area contributed by atoms with Crippen LogP contribution in [0.25, 0.3) is 11.3 Å². The summed E-state index contributed by atoms with van der Waals surface area (Å²) >= 11 is 1.47. The van der Waals surface area contributed by atoms with Crippen molar-refractivity contribution in [3.8, 4) is 28.5 Å². The van der Waals surface area contributed by atoms with Crippen LogP contribution in [-0.2, 0) is 0 Å². The van der Waals surface area contributed by atoms with Gasteiger partial charge < -0.3 is 14.2 Å². The highest BCUT2D eigenvalue weighted by Gasteiger charge is 2.11. The SMILES string of the molecule is CCCOc1ccccc1/C=N\Nc1nc(-c2ccc(OC)cc2OC)cs1. The van der Waals surface area contributed by atoms with Gasteiger partial charge in [-0.2, -0.15) is 5.10 Å². The molecule has 28 heavy (non-hydrogen) atoms. The minimum atomic E-state index is 0.678. The van der Waals surface area contributed by atoms with Crippen molar-refractivity contribution in [2.45, 2.75) is 13.3 Å². The second kappa shape index (κ2) is 9.75. The molecule has 0 aliphatic heterocycles. The lowest BCUT2D eigenvalue weighted by atomic mass is 10.1. The Morgan fingerprint density at radius 2 is 1.96 bits per heavy atom. The van der Waals surface area contributed by atoms with Crippen molar-refractivity contribution >= 4 is 22.7 Å². The van der Waals surface area contributed by atoms with E-state index in [0.717, 1.165) is 34.7 Å². The van der Waals surface area contributed by atoms with Crippen molar-refractivity contribution in [1.29, 1.82) is 0 Å². The highest BCUT2D eigenvalue weighted by molar-refractivity contribution is 7.14. The van der Waals surface area contributed by atoms with Gasteiger partial charge in [-0.1, -0.05) is 19.1 Å². The molecule has 0 aliphatic carbocycles. The second-order valence-electron chi connectivity index (χ2n) is 5.86. The van der Waals surface area contributed by atoms with Gasteiger partial charge in [-0.15, -0.1) is 11.3 Å². The van der Waals surface area contributed by atoms with Crippen LogP contribution in [0.1, 0.15) is 18.9 Å². The maximum atomic E-state index is 5.74. The zero-order valence-electron chi connectivity index (χ0n) is 16.1. The van der Waals surface area contributed by atoms with E-state index in [-0.39, 0.29) is 0 Å². The minimum absolute atomic E-state index is 0.678. The van der Waals surface area contributed by atoms with Crippen molar-refractivity contribution in [1.82, 2.24) is 4.98 Å². The molecule has 2 aromatic carbocycles. The van der Waals surface area contributed by atoms with Crippen LogP contribution in [0.3, 0.4) is 0 Å². The van der Waals surface area contributed by atoms with Gasteiger partial charge in [0.1, 0.15) is 17.2 Å². The Bertz CT molecular complexity index is 940. The molecule has 146 valence electrons. The van der Waals surface area contributed by atoms with Crippen molar-refractivity contribution in [3.63, 3.8) is 0 Å². The fourth-order valence-electron chi connectivity index (χ4n) is 2.55. The Morgan fingerprint density at radius 3 is 2.75 bits per heavy atom. The van der Waals surface area contributed by atoms with E-state index in [1.807, 2.05) is 47.8 Å². The summed E-state index contributed by atoms with van der Waals surface area (Å²) in [6.07, 6.45) is 2.69. The summed E-state index contributed by atoms with van der Waals surface area (Å²) < 4.78 is 16.4. The van der Waals surface area contributed by atoms with Crippen LogP contribution in [0.5, 0.6) is 17.2 Å². The lowest BCUT2D eigenvalue weighted by molar-refractivity contribution is 0.317. The Balaban J connectivity index is 1.71. The number of aromatic nitrogens is 1. The lowest BCUT2D eigenvalue weighted by Crippen LogP contribution is -1.99. The number of methoxy groups -OCH3 is 2. The lowest BCUT2D eigenvalue weighted by Gasteiger charge is -2.08. The summed E-state index contributed by atoms with van der Waals surface area (Å²) in [6.45, 7) is 2.76. The first-order valence-corrected chi connectivity index (χ1v) is 9.82. The number of nitrogens with zero attached hydrogens (tertiary/aromatic N) is 2. The number of nitrogens with one attached hydrogen (secondary N) is 1. The molecule has 3 aromatic rings. The van der Waals surface area contributed by atoms with Gasteiger partial charge in [0.15, 0.2) is 0 Å². The molecule has 0 spiro atoms. The van der Waals surface area contributed by atoms with Crippen molar-refractivity contribution in [3.05, 3.63) is 53.4 Å². The molecule has 0 unspecified atom stereocenters. The first-order chi connectivity index (χ1) is 13.7. The maximum Gasteiger partial charge on any atom is 0.203 e. The van der Waals surface area contributed by atoms with Gasteiger partial charge in [0, 0.05) is 22.6 Å². The Morgan fingerprint density at radius 1 is 1.11 bits per heavy atom. The molecule has 7 heteroatoms. The predicted molar refractivity (Wildman–Crippen MR) is 114 cm³/mol. The van der Waals surface area contributed by atoms with Gasteiger partial charge in [0.2, 0.25) is 5.13 Å². The summed E-state index contributed by atoms with van der Waals surface area (Å²) in [5, 5.41) is 6.95. The van der Waals surface area contributed by atoms with Crippen LogP contribution in [-0.4, -0.2) is 32.0 Å². The van der Waals surface area contributed by atoms with E-state index in [1.54, 1.807) is 20.4 Å². The molecule has 0 fully saturated rings. The molecule has 1 N–H and O–H groups in total. The molecule has 0 saturated carbocycles. The van der Waals surface area contributed by atoms with E-state index in [9.17, 15) is 0 Å². The monoisotopic (exact) mass is 397 g/mol. The third kappa shape index (κ3) is 4.80. The molecule has 0 bridgehead atoms. The summed E-state index contributed by atoms with van der Waals surface area (Å²) in [6, 6.07) is 13.5. The number of hydrogen-bond donors (Lipinski definition) is 1. The van der Waals surface area contributed by atoms with E-state index in [4.69, 9.17) is 14.2 Å². The molecular formula is C21H23N3O3S. The zero-order valence-corrected chi connectivity index (χ0v) is 17.0. The number of benzene rings is 2. The largest absolute Gasteiger partial charge is 0.497 e. The van der Waals surface area contributed by atoms with E-state index >= 15 is 0 Å². The fraction of sp³-hybridized carbons (Fsp3) is 0.238. The summed E-state index contributed by atoms with van der Waals surface area (Å²) in [5.41, 5.74) is 5.61. The van der Waals surface area contributed by atoms with E-state index in [2.05, 4.69) is 22.4 Å². The molecule has 0 aliphatic rings. The van der Waals surface area contributed by atoms with Gasteiger partial charge in [-0.05, 0) is 30.7 Å². The van der Waals surface area contributed by atoms with Crippen LogP contribution in [0.4, 0.5) is 5.13 Å². The number of hydrogen-bond acceptors (Lipinski definition) is 7. The highest BCUT2D eigenvalue weighted by atomic mass is 32.1. The van der Waals surface area contributed by atoms with Gasteiger partial charge >= 0.3 is 0 Å². The quantitative estimate of drug-likeness (QED) is 0.404. The average Bonchev–Trinajstić information content (AvgIpc) is 3.21. The molecule has 6 nitrogen and oxygen atoms in total. The molecule has 0 amide bonds. The number of hydrazone groups is 1. The molecule has 0 saturated heterocycles. The van der Waals surface area contributed by atoms with Gasteiger partial charge in [-0.25, -0.2) is 4.98 Å². The maximum absolute atomic E-state index is 5.74. The number of para-hydroxylation sites is 1. The number of thiazole rings is 1. The molecule has 0 atom stereocenters. The number of ether oxygens (including phenoxy) is 3. The molecule has 3 rings (SSSR count). The van der Waals surface area contributed by atoms with Crippen LogP contribution in [0.2, 0.25) is 0 Å². The molecular weight excluding hydrogens is 374 g/mol. The Hall–Kier alpha value is -3.06. The normalized spacial score (nSPS) is 10.8. The molecule has 1 aromatic heterocycles. The molecule has 0 radical (unpaired) electrons. The smallest absolute Gasteiger partial charge is 0.203 e. The topological polar surface area (TPSA) is 65.0 Å².